The van der Waals surface area contributed by atoms with E-state index in [9.17, 15) is 4.79 Å². The van der Waals surface area contributed by atoms with Crippen LogP contribution < -0.4 is 5.32 Å². The number of hydrogen-bond donors (Lipinski definition) is 1. The van der Waals surface area contributed by atoms with Crippen molar-refractivity contribution in [3.05, 3.63) is 58.3 Å². The van der Waals surface area contributed by atoms with Gasteiger partial charge < -0.3 is 4.74 Å². The summed E-state index contributed by atoms with van der Waals surface area (Å²) in [7, 11) is 1.49. The van der Waals surface area contributed by atoms with Gasteiger partial charge in [-0.2, -0.15) is 0 Å². The van der Waals surface area contributed by atoms with Crippen LogP contribution in [0.3, 0.4) is 0 Å². The third-order valence-electron chi connectivity index (χ3n) is 2.75. The molecule has 0 fully saturated rings. The summed E-state index contributed by atoms with van der Waals surface area (Å²) in [4.78, 5) is 16.9. The number of ether oxygens (including phenoxy) is 1. The summed E-state index contributed by atoms with van der Waals surface area (Å²) in [6.45, 7) is 1.95. The summed E-state index contributed by atoms with van der Waals surface area (Å²) in [5.74, 6) is -0.208. The molecule has 2 rings (SSSR count). The number of aliphatic imine (C=N–C) groups is 1. The molecule has 0 bridgehead atoms. The van der Waals surface area contributed by atoms with Crippen LogP contribution >= 0.6 is 11.3 Å². The topological polar surface area (TPSA) is 50.7 Å². The third-order valence-corrected chi connectivity index (χ3v) is 3.62. The Kier molecular flexibility index (Phi) is 4.90. The first-order valence-corrected chi connectivity index (χ1v) is 7.10. The van der Waals surface area contributed by atoms with Crippen LogP contribution in [0.2, 0.25) is 0 Å². The molecular formula is C15H16N2O2S. The minimum Gasteiger partial charge on any atom is -0.468 e. The molecule has 4 nitrogen and oxygen atoms in total. The van der Waals surface area contributed by atoms with Crippen LogP contribution in [0.25, 0.3) is 0 Å². The number of benzene rings is 1. The first kappa shape index (κ1) is 14.3. The van der Waals surface area contributed by atoms with E-state index in [4.69, 9.17) is 4.74 Å². The van der Waals surface area contributed by atoms with Gasteiger partial charge >= 0.3 is 0 Å². The molecule has 1 amide bonds. The fourth-order valence-electron chi connectivity index (χ4n) is 1.68. The number of carbonyl (C=O) groups is 1. The van der Waals surface area contributed by atoms with E-state index in [0.29, 0.717) is 4.88 Å². The number of nitrogens with one attached hydrogen (secondary N) is 1. The number of nitrogens with zero attached hydrogens (tertiary/aromatic N) is 1. The van der Waals surface area contributed by atoms with Crippen molar-refractivity contribution >= 4 is 23.3 Å². The van der Waals surface area contributed by atoms with Crippen molar-refractivity contribution in [1.29, 1.82) is 0 Å². The third kappa shape index (κ3) is 3.68. The average molecular weight is 288 g/mol. The van der Waals surface area contributed by atoms with Gasteiger partial charge in [-0.15, -0.1) is 11.3 Å². The monoisotopic (exact) mass is 288 g/mol. The normalized spacial score (nSPS) is 12.8. The van der Waals surface area contributed by atoms with Crippen molar-refractivity contribution < 1.29 is 9.53 Å². The second-order valence-electron chi connectivity index (χ2n) is 4.16. The lowest BCUT2D eigenvalue weighted by Gasteiger charge is -2.11. The first-order chi connectivity index (χ1) is 9.70. The Balaban J connectivity index is 2.08. The summed E-state index contributed by atoms with van der Waals surface area (Å²) >= 11 is 1.38. The molecule has 0 radical (unpaired) electrons. The van der Waals surface area contributed by atoms with E-state index in [0.717, 1.165) is 5.56 Å². The maximum Gasteiger partial charge on any atom is 0.292 e. The molecule has 0 saturated heterocycles. The lowest BCUT2D eigenvalue weighted by molar-refractivity contribution is 0.0972. The minimum atomic E-state index is -0.208. The summed E-state index contributed by atoms with van der Waals surface area (Å²) in [6.07, 6.45) is 0. The summed E-state index contributed by atoms with van der Waals surface area (Å²) in [6, 6.07) is 13.6. The second kappa shape index (κ2) is 6.86. The zero-order valence-corrected chi connectivity index (χ0v) is 12.2. The van der Waals surface area contributed by atoms with E-state index in [2.05, 4.69) is 10.3 Å². The maximum absolute atomic E-state index is 11.9. The number of thiophene rings is 1. The van der Waals surface area contributed by atoms with Crippen LogP contribution in [-0.4, -0.2) is 19.0 Å². The molecule has 0 aliphatic rings. The Morgan fingerprint density at radius 1 is 1.25 bits per heavy atom. The average Bonchev–Trinajstić information content (AvgIpc) is 3.01. The molecule has 1 N–H and O–H groups in total. The molecule has 2 aromatic rings. The number of methoxy groups -OCH3 is 1. The fraction of sp³-hybridized carbons (Fsp3) is 0.200. The number of rotatable bonds is 3. The highest BCUT2D eigenvalue weighted by atomic mass is 32.1. The van der Waals surface area contributed by atoms with E-state index in [1.54, 1.807) is 6.07 Å². The van der Waals surface area contributed by atoms with Gasteiger partial charge in [0, 0.05) is 0 Å². The highest BCUT2D eigenvalue weighted by molar-refractivity contribution is 7.12. The molecular weight excluding hydrogens is 272 g/mol. The molecule has 0 saturated carbocycles. The molecule has 1 aromatic carbocycles. The van der Waals surface area contributed by atoms with Gasteiger partial charge in [0.2, 0.25) is 0 Å². The van der Waals surface area contributed by atoms with Crippen molar-refractivity contribution in [2.75, 3.05) is 7.11 Å². The number of carbonyl (C=O) groups excluding carboxylic acids is 1. The number of hydrogen-bond acceptors (Lipinski definition) is 4. The van der Waals surface area contributed by atoms with Gasteiger partial charge in [0.05, 0.1) is 18.0 Å². The van der Waals surface area contributed by atoms with Gasteiger partial charge in [0.15, 0.2) is 0 Å². The lowest BCUT2D eigenvalue weighted by Crippen LogP contribution is -2.31. The highest BCUT2D eigenvalue weighted by Crippen LogP contribution is 2.16. The van der Waals surface area contributed by atoms with Crippen LogP contribution in [0, 0.1) is 0 Å². The predicted octanol–water partition coefficient (Wildman–Crippen LogP) is 3.24. The minimum absolute atomic E-state index is 0.0882. The van der Waals surface area contributed by atoms with Crippen LogP contribution in [-0.2, 0) is 4.74 Å². The molecule has 1 aromatic heterocycles. The SMILES string of the molecule is COC(=N[C@@H](C)c1ccccc1)NC(=O)c1cccs1. The molecule has 5 heteroatoms. The Labute approximate surface area is 122 Å². The van der Waals surface area contributed by atoms with Gasteiger partial charge in [-0.3, -0.25) is 10.1 Å². The first-order valence-electron chi connectivity index (χ1n) is 6.22. The fourth-order valence-corrected chi connectivity index (χ4v) is 2.30. The summed E-state index contributed by atoms with van der Waals surface area (Å²) < 4.78 is 5.13. The van der Waals surface area contributed by atoms with E-state index in [1.807, 2.05) is 48.7 Å². The van der Waals surface area contributed by atoms with Crippen molar-refractivity contribution in [3.63, 3.8) is 0 Å². The zero-order chi connectivity index (χ0) is 14.4. The van der Waals surface area contributed by atoms with Gasteiger partial charge in [-0.1, -0.05) is 36.4 Å². The number of amides is 1. The highest BCUT2D eigenvalue weighted by Gasteiger charge is 2.11. The van der Waals surface area contributed by atoms with Crippen molar-refractivity contribution in [1.82, 2.24) is 5.32 Å². The van der Waals surface area contributed by atoms with Gasteiger partial charge in [-0.05, 0) is 23.9 Å². The lowest BCUT2D eigenvalue weighted by atomic mass is 10.1. The Morgan fingerprint density at radius 3 is 2.60 bits per heavy atom. The Bertz CT molecular complexity index is 579. The van der Waals surface area contributed by atoms with Crippen molar-refractivity contribution in [2.24, 2.45) is 4.99 Å². The van der Waals surface area contributed by atoms with E-state index in [1.165, 1.54) is 18.4 Å². The van der Waals surface area contributed by atoms with Gasteiger partial charge in [-0.25, -0.2) is 4.99 Å². The molecule has 1 heterocycles. The van der Waals surface area contributed by atoms with E-state index >= 15 is 0 Å². The van der Waals surface area contributed by atoms with Crippen LogP contribution in [0.4, 0.5) is 0 Å². The zero-order valence-electron chi connectivity index (χ0n) is 11.4. The Hall–Kier alpha value is -2.14. The molecule has 0 unspecified atom stereocenters. The molecule has 0 aliphatic heterocycles. The van der Waals surface area contributed by atoms with Gasteiger partial charge in [0.25, 0.3) is 11.9 Å². The largest absolute Gasteiger partial charge is 0.468 e. The van der Waals surface area contributed by atoms with E-state index in [-0.39, 0.29) is 18.0 Å². The maximum atomic E-state index is 11.9. The predicted molar refractivity (Wildman–Crippen MR) is 81.1 cm³/mol. The quantitative estimate of drug-likeness (QED) is 0.696. The molecule has 1 atom stereocenters. The second-order valence-corrected chi connectivity index (χ2v) is 5.10. The van der Waals surface area contributed by atoms with Gasteiger partial charge in [0.1, 0.15) is 0 Å². The standard InChI is InChI=1S/C15H16N2O2S/c1-11(12-7-4-3-5-8-12)16-15(19-2)17-14(18)13-9-6-10-20-13/h3-11H,1-2H3,(H,16,17,18)/t11-/m0/s1. The Morgan fingerprint density at radius 2 is 2.00 bits per heavy atom. The van der Waals surface area contributed by atoms with Crippen LogP contribution in [0.15, 0.2) is 52.8 Å². The molecule has 0 spiro atoms. The van der Waals surface area contributed by atoms with Crippen LogP contribution in [0.1, 0.15) is 28.2 Å². The molecule has 0 aliphatic carbocycles. The van der Waals surface area contributed by atoms with Crippen molar-refractivity contribution in [3.8, 4) is 0 Å². The smallest absolute Gasteiger partial charge is 0.292 e. The van der Waals surface area contributed by atoms with Crippen molar-refractivity contribution in [2.45, 2.75) is 13.0 Å². The molecule has 104 valence electrons. The summed E-state index contributed by atoms with van der Waals surface area (Å²) in [5, 5.41) is 4.52. The van der Waals surface area contributed by atoms with E-state index < -0.39 is 0 Å². The summed E-state index contributed by atoms with van der Waals surface area (Å²) in [5.41, 5.74) is 1.06. The molecule has 20 heavy (non-hydrogen) atoms. The number of amidine groups is 1. The van der Waals surface area contributed by atoms with Crippen LogP contribution in [0.5, 0.6) is 0 Å².